The van der Waals surface area contributed by atoms with E-state index in [0.717, 1.165) is 16.5 Å². The number of ketones is 1. The van der Waals surface area contributed by atoms with E-state index in [1.54, 1.807) is 37.4 Å². The highest BCUT2D eigenvalue weighted by atomic mass is 16.5. The van der Waals surface area contributed by atoms with Gasteiger partial charge >= 0.3 is 5.97 Å². The Morgan fingerprint density at radius 3 is 2.52 bits per heavy atom. The summed E-state index contributed by atoms with van der Waals surface area (Å²) in [5.74, 6) is -0.607. The molecule has 1 aromatic heterocycles. The molecule has 0 fully saturated rings. The molecule has 4 nitrogen and oxygen atoms in total. The zero-order valence-electron chi connectivity index (χ0n) is 12.8. The van der Waals surface area contributed by atoms with E-state index in [1.165, 1.54) is 0 Å². The molecule has 0 radical (unpaired) electrons. The molecule has 0 aliphatic carbocycles. The maximum Gasteiger partial charge on any atom is 0.311 e. The Hall–Kier alpha value is -2.88. The molecule has 1 atom stereocenters. The number of hydrogen-bond acceptors (Lipinski definition) is 3. The minimum absolute atomic E-state index is 0.135. The number of ether oxygens (including phenoxy) is 1. The molecule has 1 N–H and O–H groups in total. The number of H-pyrrole nitrogens is 1. The molecule has 0 saturated carbocycles. The minimum Gasteiger partial charge on any atom is -0.454 e. The van der Waals surface area contributed by atoms with E-state index in [1.807, 2.05) is 30.3 Å². The van der Waals surface area contributed by atoms with Crippen LogP contribution in [0.25, 0.3) is 10.9 Å². The fourth-order valence-electron chi connectivity index (χ4n) is 2.56. The molecular weight excluding hydrogens is 290 g/mol. The first-order valence-electron chi connectivity index (χ1n) is 7.49. The predicted octanol–water partition coefficient (Wildman–Crippen LogP) is 3.53. The largest absolute Gasteiger partial charge is 0.454 e. The van der Waals surface area contributed by atoms with Crippen molar-refractivity contribution in [3.8, 4) is 0 Å². The minimum atomic E-state index is -0.796. The number of rotatable bonds is 5. The highest BCUT2D eigenvalue weighted by Gasteiger charge is 2.20. The molecule has 1 heterocycles. The van der Waals surface area contributed by atoms with E-state index in [-0.39, 0.29) is 12.2 Å². The number of hydrogen-bond donors (Lipinski definition) is 1. The van der Waals surface area contributed by atoms with Gasteiger partial charge in [-0.25, -0.2) is 0 Å². The maximum absolute atomic E-state index is 12.2. The van der Waals surface area contributed by atoms with Crippen LogP contribution in [0, 0.1) is 0 Å². The van der Waals surface area contributed by atoms with Crippen molar-refractivity contribution in [1.29, 1.82) is 0 Å². The van der Waals surface area contributed by atoms with Gasteiger partial charge < -0.3 is 9.72 Å². The lowest BCUT2D eigenvalue weighted by Gasteiger charge is -2.12. The van der Waals surface area contributed by atoms with E-state index in [0.29, 0.717) is 5.56 Å². The Balaban J connectivity index is 1.66. The summed E-state index contributed by atoms with van der Waals surface area (Å²) in [6, 6.07) is 16.6. The lowest BCUT2D eigenvalue weighted by atomic mass is 10.1. The number of carbonyl (C=O) groups is 2. The third-order valence-electron chi connectivity index (χ3n) is 3.75. The highest BCUT2D eigenvalue weighted by molar-refractivity contribution is 6.00. The Morgan fingerprint density at radius 2 is 1.74 bits per heavy atom. The van der Waals surface area contributed by atoms with Crippen LogP contribution in [0.2, 0.25) is 0 Å². The molecular formula is C19H17NO3. The van der Waals surface area contributed by atoms with Crippen molar-refractivity contribution in [1.82, 2.24) is 4.98 Å². The van der Waals surface area contributed by atoms with Crippen LogP contribution in [-0.4, -0.2) is 22.8 Å². The molecule has 0 spiro atoms. The number of aromatic amines is 1. The summed E-state index contributed by atoms with van der Waals surface area (Å²) in [4.78, 5) is 27.4. The van der Waals surface area contributed by atoms with Crippen LogP contribution in [-0.2, 0) is 16.0 Å². The molecule has 0 aliphatic rings. The van der Waals surface area contributed by atoms with Crippen molar-refractivity contribution < 1.29 is 14.3 Å². The summed E-state index contributed by atoms with van der Waals surface area (Å²) in [5.41, 5.74) is 2.38. The SMILES string of the molecule is C[C@H](OC(=O)Cc1c[nH]c2ccccc12)C(=O)c1ccccc1. The molecule has 2 aromatic carbocycles. The summed E-state index contributed by atoms with van der Waals surface area (Å²) in [7, 11) is 0. The van der Waals surface area contributed by atoms with Gasteiger partial charge in [0.15, 0.2) is 6.10 Å². The second-order valence-corrected chi connectivity index (χ2v) is 5.40. The van der Waals surface area contributed by atoms with Gasteiger partial charge in [-0.1, -0.05) is 48.5 Å². The first-order chi connectivity index (χ1) is 11.1. The van der Waals surface area contributed by atoms with Gasteiger partial charge in [0, 0.05) is 22.7 Å². The quantitative estimate of drug-likeness (QED) is 0.579. The van der Waals surface area contributed by atoms with Crippen molar-refractivity contribution in [2.45, 2.75) is 19.4 Å². The molecule has 4 heteroatoms. The average molecular weight is 307 g/mol. The first kappa shape index (κ1) is 15.0. The summed E-state index contributed by atoms with van der Waals surface area (Å²) < 4.78 is 5.29. The van der Waals surface area contributed by atoms with Crippen molar-refractivity contribution in [3.05, 3.63) is 71.9 Å². The molecule has 3 rings (SSSR count). The Kier molecular flexibility index (Phi) is 4.24. The van der Waals surface area contributed by atoms with Crippen LogP contribution in [0.1, 0.15) is 22.8 Å². The average Bonchev–Trinajstić information content (AvgIpc) is 2.98. The molecule has 0 aliphatic heterocycles. The zero-order valence-corrected chi connectivity index (χ0v) is 12.8. The summed E-state index contributed by atoms with van der Waals surface area (Å²) >= 11 is 0. The normalized spacial score (nSPS) is 12.0. The highest BCUT2D eigenvalue weighted by Crippen LogP contribution is 2.18. The van der Waals surface area contributed by atoms with E-state index in [4.69, 9.17) is 4.74 Å². The fraction of sp³-hybridized carbons (Fsp3) is 0.158. The van der Waals surface area contributed by atoms with Crippen molar-refractivity contribution >= 4 is 22.7 Å². The molecule has 0 saturated heterocycles. The topological polar surface area (TPSA) is 59.2 Å². The van der Waals surface area contributed by atoms with E-state index >= 15 is 0 Å². The first-order valence-corrected chi connectivity index (χ1v) is 7.49. The lowest BCUT2D eigenvalue weighted by molar-refractivity contribution is -0.145. The zero-order chi connectivity index (χ0) is 16.2. The number of carbonyl (C=O) groups excluding carboxylic acids is 2. The lowest BCUT2D eigenvalue weighted by Crippen LogP contribution is -2.25. The second-order valence-electron chi connectivity index (χ2n) is 5.40. The predicted molar refractivity (Wildman–Crippen MR) is 88.3 cm³/mol. The van der Waals surface area contributed by atoms with Crippen molar-refractivity contribution in [2.24, 2.45) is 0 Å². The number of benzene rings is 2. The van der Waals surface area contributed by atoms with Crippen LogP contribution in [0.15, 0.2) is 60.8 Å². The Labute approximate surface area is 134 Å². The molecule has 116 valence electrons. The third-order valence-corrected chi connectivity index (χ3v) is 3.75. The van der Waals surface area contributed by atoms with Crippen molar-refractivity contribution in [3.63, 3.8) is 0 Å². The number of esters is 1. The van der Waals surface area contributed by atoms with Gasteiger partial charge in [-0.3, -0.25) is 9.59 Å². The number of fused-ring (bicyclic) bond motifs is 1. The molecule has 0 bridgehead atoms. The van der Waals surface area contributed by atoms with Crippen LogP contribution in [0.4, 0.5) is 0 Å². The van der Waals surface area contributed by atoms with E-state index in [2.05, 4.69) is 4.98 Å². The van der Waals surface area contributed by atoms with Gasteiger partial charge in [0.25, 0.3) is 0 Å². The van der Waals surface area contributed by atoms with Crippen LogP contribution < -0.4 is 0 Å². The van der Waals surface area contributed by atoms with Gasteiger partial charge in [-0.2, -0.15) is 0 Å². The van der Waals surface area contributed by atoms with Crippen LogP contribution in [0.5, 0.6) is 0 Å². The Bertz CT molecular complexity index is 836. The standard InChI is InChI=1S/C19H17NO3/c1-13(19(22)14-7-3-2-4-8-14)23-18(21)11-15-12-20-17-10-6-5-9-16(15)17/h2-10,12-13,20H,11H2,1H3/t13-/m0/s1. The molecule has 3 aromatic rings. The molecule has 23 heavy (non-hydrogen) atoms. The molecule has 0 amide bonds. The number of aromatic nitrogens is 1. The summed E-state index contributed by atoms with van der Waals surface area (Å²) in [5, 5.41) is 0.992. The number of nitrogens with one attached hydrogen (secondary N) is 1. The number of para-hydroxylation sites is 1. The Morgan fingerprint density at radius 1 is 1.04 bits per heavy atom. The summed E-state index contributed by atoms with van der Waals surface area (Å²) in [6.07, 6.45) is 1.14. The van der Waals surface area contributed by atoms with Gasteiger partial charge in [-0.15, -0.1) is 0 Å². The van der Waals surface area contributed by atoms with Gasteiger partial charge in [0.2, 0.25) is 5.78 Å². The van der Waals surface area contributed by atoms with Crippen LogP contribution >= 0.6 is 0 Å². The van der Waals surface area contributed by atoms with Crippen molar-refractivity contribution in [2.75, 3.05) is 0 Å². The van der Waals surface area contributed by atoms with E-state index in [9.17, 15) is 9.59 Å². The van der Waals surface area contributed by atoms with Crippen LogP contribution in [0.3, 0.4) is 0 Å². The monoisotopic (exact) mass is 307 g/mol. The fourth-order valence-corrected chi connectivity index (χ4v) is 2.56. The molecule has 0 unspecified atom stereocenters. The van der Waals surface area contributed by atoms with E-state index < -0.39 is 12.1 Å². The van der Waals surface area contributed by atoms with Gasteiger partial charge in [-0.05, 0) is 18.6 Å². The van der Waals surface area contributed by atoms with Gasteiger partial charge in [0.05, 0.1) is 6.42 Å². The van der Waals surface area contributed by atoms with Gasteiger partial charge in [0.1, 0.15) is 0 Å². The smallest absolute Gasteiger partial charge is 0.311 e. The summed E-state index contributed by atoms with van der Waals surface area (Å²) in [6.45, 7) is 1.60. The maximum atomic E-state index is 12.2. The number of Topliss-reactive ketones (excluding diaryl/α,β-unsaturated/α-hetero) is 1. The second kappa shape index (κ2) is 6.48. The third kappa shape index (κ3) is 3.31.